The predicted molar refractivity (Wildman–Crippen MR) is 61.9 cm³/mol. The second-order valence-electron chi connectivity index (χ2n) is 3.83. The van der Waals surface area contributed by atoms with Crippen LogP contribution in [0.4, 0.5) is 0 Å². The van der Waals surface area contributed by atoms with Gasteiger partial charge in [-0.2, -0.15) is 0 Å². The van der Waals surface area contributed by atoms with Crippen molar-refractivity contribution in [2.45, 2.75) is 26.3 Å². The van der Waals surface area contributed by atoms with Crippen LogP contribution in [0.25, 0.3) is 0 Å². The molecule has 1 N–H and O–H groups in total. The fraction of sp³-hybridized carbons (Fsp3) is 0.583. The number of rotatable bonds is 7. The van der Waals surface area contributed by atoms with E-state index in [-0.39, 0.29) is 0 Å². The topological polar surface area (TPSA) is 34.1 Å². The van der Waals surface area contributed by atoms with E-state index in [4.69, 9.17) is 4.74 Å². The highest BCUT2D eigenvalue weighted by molar-refractivity contribution is 5.09. The molecule has 0 saturated heterocycles. The van der Waals surface area contributed by atoms with Crippen molar-refractivity contribution in [2.24, 2.45) is 0 Å². The summed E-state index contributed by atoms with van der Waals surface area (Å²) in [6.45, 7) is 6.76. The van der Waals surface area contributed by atoms with Gasteiger partial charge in [0.15, 0.2) is 0 Å². The van der Waals surface area contributed by atoms with E-state index in [0.29, 0.717) is 6.04 Å². The van der Waals surface area contributed by atoms with E-state index in [0.717, 1.165) is 26.2 Å². The molecule has 0 aliphatic rings. The number of nitrogens with one attached hydrogen (secondary N) is 1. The van der Waals surface area contributed by atoms with E-state index < -0.39 is 0 Å². The summed E-state index contributed by atoms with van der Waals surface area (Å²) in [6.07, 6.45) is 4.59. The molecule has 3 nitrogen and oxygen atoms in total. The molecule has 1 aromatic heterocycles. The third-order valence-electron chi connectivity index (χ3n) is 2.08. The van der Waals surface area contributed by atoms with Gasteiger partial charge < -0.3 is 10.1 Å². The van der Waals surface area contributed by atoms with Crippen molar-refractivity contribution in [3.8, 4) is 0 Å². The zero-order valence-corrected chi connectivity index (χ0v) is 9.57. The van der Waals surface area contributed by atoms with Crippen LogP contribution >= 0.6 is 0 Å². The molecule has 1 heterocycles. The zero-order chi connectivity index (χ0) is 10.9. The first-order valence-electron chi connectivity index (χ1n) is 5.49. The van der Waals surface area contributed by atoms with Gasteiger partial charge in [-0.15, -0.1) is 0 Å². The van der Waals surface area contributed by atoms with Gasteiger partial charge in [0.25, 0.3) is 0 Å². The van der Waals surface area contributed by atoms with Crippen molar-refractivity contribution in [1.82, 2.24) is 10.3 Å². The molecule has 0 atom stereocenters. The Balaban J connectivity index is 1.98. The summed E-state index contributed by atoms with van der Waals surface area (Å²) in [6, 6.07) is 4.58. The lowest BCUT2D eigenvalue weighted by Crippen LogP contribution is -2.26. The molecule has 0 aliphatic heterocycles. The molecule has 0 fully saturated rings. The van der Waals surface area contributed by atoms with Gasteiger partial charge in [-0.05, 0) is 24.1 Å². The molecule has 1 rings (SSSR count). The molecule has 1 aromatic rings. The Morgan fingerprint density at radius 2 is 2.00 bits per heavy atom. The van der Waals surface area contributed by atoms with Crippen LogP contribution in [-0.2, 0) is 11.2 Å². The van der Waals surface area contributed by atoms with Gasteiger partial charge in [-0.3, -0.25) is 4.98 Å². The lowest BCUT2D eigenvalue weighted by atomic mass is 10.2. The van der Waals surface area contributed by atoms with E-state index in [2.05, 4.69) is 24.1 Å². The Bertz CT molecular complexity index is 249. The summed E-state index contributed by atoms with van der Waals surface area (Å²) in [7, 11) is 0. The SMILES string of the molecule is CC(C)NCCOCCc1ccncc1. The van der Waals surface area contributed by atoms with Crippen LogP contribution in [0.1, 0.15) is 19.4 Å². The fourth-order valence-electron chi connectivity index (χ4n) is 1.26. The lowest BCUT2D eigenvalue weighted by molar-refractivity contribution is 0.137. The minimum Gasteiger partial charge on any atom is -0.380 e. The van der Waals surface area contributed by atoms with E-state index in [1.54, 1.807) is 0 Å². The molecule has 0 aromatic carbocycles. The van der Waals surface area contributed by atoms with Crippen molar-refractivity contribution in [3.05, 3.63) is 30.1 Å². The molecular formula is C12H20N2O. The van der Waals surface area contributed by atoms with Gasteiger partial charge >= 0.3 is 0 Å². The van der Waals surface area contributed by atoms with Crippen LogP contribution in [-0.4, -0.2) is 30.8 Å². The molecule has 0 aliphatic carbocycles. The molecule has 0 unspecified atom stereocenters. The zero-order valence-electron chi connectivity index (χ0n) is 9.57. The predicted octanol–water partition coefficient (Wildman–Crippen LogP) is 1.64. The highest BCUT2D eigenvalue weighted by atomic mass is 16.5. The van der Waals surface area contributed by atoms with Crippen molar-refractivity contribution in [1.29, 1.82) is 0 Å². The van der Waals surface area contributed by atoms with Crippen LogP contribution in [0, 0.1) is 0 Å². The van der Waals surface area contributed by atoms with E-state index in [1.165, 1.54) is 5.56 Å². The average molecular weight is 208 g/mol. The Labute approximate surface area is 91.9 Å². The number of nitrogens with zero attached hydrogens (tertiary/aromatic N) is 1. The molecule has 84 valence electrons. The summed E-state index contributed by atoms with van der Waals surface area (Å²) in [5.74, 6) is 0. The van der Waals surface area contributed by atoms with Crippen LogP contribution < -0.4 is 5.32 Å². The fourth-order valence-corrected chi connectivity index (χ4v) is 1.26. The largest absolute Gasteiger partial charge is 0.380 e. The molecule has 0 saturated carbocycles. The number of ether oxygens (including phenoxy) is 1. The van der Waals surface area contributed by atoms with Crippen LogP contribution in [0.3, 0.4) is 0 Å². The molecule has 15 heavy (non-hydrogen) atoms. The first-order valence-corrected chi connectivity index (χ1v) is 5.49. The Kier molecular flexibility index (Phi) is 5.97. The molecular weight excluding hydrogens is 188 g/mol. The van der Waals surface area contributed by atoms with E-state index in [1.807, 2.05) is 24.5 Å². The van der Waals surface area contributed by atoms with Crippen molar-refractivity contribution >= 4 is 0 Å². The molecule has 0 radical (unpaired) electrons. The third kappa shape index (κ3) is 6.20. The highest BCUT2D eigenvalue weighted by Gasteiger charge is 1.93. The minimum absolute atomic E-state index is 0.536. The van der Waals surface area contributed by atoms with E-state index >= 15 is 0 Å². The lowest BCUT2D eigenvalue weighted by Gasteiger charge is -2.08. The second-order valence-corrected chi connectivity index (χ2v) is 3.83. The maximum absolute atomic E-state index is 5.51. The normalized spacial score (nSPS) is 10.9. The van der Waals surface area contributed by atoms with Gasteiger partial charge in [-0.1, -0.05) is 13.8 Å². The molecule has 3 heteroatoms. The van der Waals surface area contributed by atoms with E-state index in [9.17, 15) is 0 Å². The van der Waals surface area contributed by atoms with Gasteiger partial charge in [0.05, 0.1) is 13.2 Å². The minimum atomic E-state index is 0.536. The standard InChI is InChI=1S/C12H20N2O/c1-11(2)14-8-10-15-9-5-12-3-6-13-7-4-12/h3-4,6-7,11,14H,5,8-10H2,1-2H3. The Morgan fingerprint density at radius 3 is 2.67 bits per heavy atom. The quantitative estimate of drug-likeness (QED) is 0.692. The smallest absolute Gasteiger partial charge is 0.0591 e. The third-order valence-corrected chi connectivity index (χ3v) is 2.08. The van der Waals surface area contributed by atoms with Gasteiger partial charge in [0, 0.05) is 25.0 Å². The molecule has 0 amide bonds. The Morgan fingerprint density at radius 1 is 1.27 bits per heavy atom. The van der Waals surface area contributed by atoms with Gasteiger partial charge in [0.2, 0.25) is 0 Å². The number of aromatic nitrogens is 1. The summed E-state index contributed by atoms with van der Waals surface area (Å²) in [4.78, 5) is 3.97. The highest BCUT2D eigenvalue weighted by Crippen LogP contribution is 1.97. The van der Waals surface area contributed by atoms with Crippen LogP contribution in [0.2, 0.25) is 0 Å². The molecule has 0 bridgehead atoms. The first-order chi connectivity index (χ1) is 7.29. The number of hydrogen-bond donors (Lipinski definition) is 1. The van der Waals surface area contributed by atoms with Crippen LogP contribution in [0.15, 0.2) is 24.5 Å². The summed E-state index contributed by atoms with van der Waals surface area (Å²) in [5.41, 5.74) is 1.28. The van der Waals surface area contributed by atoms with Crippen molar-refractivity contribution in [2.75, 3.05) is 19.8 Å². The first kappa shape index (κ1) is 12.1. The summed E-state index contributed by atoms with van der Waals surface area (Å²) < 4.78 is 5.51. The average Bonchev–Trinajstić information content (AvgIpc) is 2.24. The second kappa shape index (κ2) is 7.37. The van der Waals surface area contributed by atoms with Gasteiger partial charge in [0.1, 0.15) is 0 Å². The summed E-state index contributed by atoms with van der Waals surface area (Å²) in [5, 5.41) is 3.31. The Hall–Kier alpha value is -0.930. The van der Waals surface area contributed by atoms with Crippen LogP contribution in [0.5, 0.6) is 0 Å². The maximum atomic E-state index is 5.51. The monoisotopic (exact) mass is 208 g/mol. The maximum Gasteiger partial charge on any atom is 0.0591 e. The summed E-state index contributed by atoms with van der Waals surface area (Å²) >= 11 is 0. The van der Waals surface area contributed by atoms with Crippen molar-refractivity contribution in [3.63, 3.8) is 0 Å². The van der Waals surface area contributed by atoms with Gasteiger partial charge in [-0.25, -0.2) is 0 Å². The van der Waals surface area contributed by atoms with Crippen molar-refractivity contribution < 1.29 is 4.74 Å². The molecule has 0 spiro atoms. The number of hydrogen-bond acceptors (Lipinski definition) is 3. The number of pyridine rings is 1.